The van der Waals surface area contributed by atoms with Crippen LogP contribution in [0.4, 0.5) is 0 Å². The first kappa shape index (κ1) is 17.7. The standard InChI is InChI=1S/C19H23N5O3/c1-11-21-16-10-24(7-6-14(16)18(25)22-11)19(26)15-9-20-23-17(15)12-4-3-5-13(8-12)27-2/h3-5,8,15,17,20,23H,6-7,9-10H2,1-2H3,(H,21,22,25). The molecule has 1 fully saturated rings. The molecule has 1 saturated heterocycles. The van der Waals surface area contributed by atoms with E-state index in [1.54, 1.807) is 18.9 Å². The number of aromatic nitrogens is 2. The van der Waals surface area contributed by atoms with Gasteiger partial charge in [0.25, 0.3) is 5.56 Å². The van der Waals surface area contributed by atoms with E-state index in [4.69, 9.17) is 4.74 Å². The second-order valence-electron chi connectivity index (χ2n) is 6.97. The van der Waals surface area contributed by atoms with Gasteiger partial charge in [0.05, 0.1) is 31.3 Å². The Morgan fingerprint density at radius 3 is 3.04 bits per heavy atom. The number of ether oxygens (including phenoxy) is 1. The molecule has 2 aliphatic heterocycles. The molecule has 0 spiro atoms. The van der Waals surface area contributed by atoms with Crippen LogP contribution in [-0.2, 0) is 17.8 Å². The number of benzene rings is 1. The topological polar surface area (TPSA) is 99.3 Å². The van der Waals surface area contributed by atoms with Crippen LogP contribution in [0.5, 0.6) is 5.75 Å². The lowest BCUT2D eigenvalue weighted by Gasteiger charge is -2.31. The van der Waals surface area contributed by atoms with Crippen molar-refractivity contribution in [3.8, 4) is 5.75 Å². The van der Waals surface area contributed by atoms with Crippen molar-refractivity contribution in [1.82, 2.24) is 25.7 Å². The summed E-state index contributed by atoms with van der Waals surface area (Å²) in [5.41, 5.74) is 8.61. The van der Waals surface area contributed by atoms with Gasteiger partial charge in [-0.15, -0.1) is 0 Å². The minimum atomic E-state index is -0.234. The van der Waals surface area contributed by atoms with Crippen molar-refractivity contribution >= 4 is 5.91 Å². The Morgan fingerprint density at radius 2 is 2.22 bits per heavy atom. The summed E-state index contributed by atoms with van der Waals surface area (Å²) in [6.07, 6.45) is 0.529. The van der Waals surface area contributed by atoms with Crippen molar-refractivity contribution in [3.63, 3.8) is 0 Å². The van der Waals surface area contributed by atoms with Gasteiger partial charge in [-0.05, 0) is 31.0 Å². The molecular formula is C19H23N5O3. The van der Waals surface area contributed by atoms with Gasteiger partial charge in [-0.2, -0.15) is 0 Å². The van der Waals surface area contributed by atoms with Gasteiger partial charge in [0, 0.05) is 18.7 Å². The number of aryl methyl sites for hydroxylation is 1. The maximum atomic E-state index is 13.2. The van der Waals surface area contributed by atoms with Gasteiger partial charge in [-0.1, -0.05) is 12.1 Å². The first-order valence-corrected chi connectivity index (χ1v) is 9.06. The molecular weight excluding hydrogens is 346 g/mol. The number of rotatable bonds is 3. The molecule has 0 aliphatic carbocycles. The van der Waals surface area contributed by atoms with E-state index in [2.05, 4.69) is 20.8 Å². The predicted octanol–water partition coefficient (Wildman–Crippen LogP) is 0.437. The molecule has 2 atom stereocenters. The lowest BCUT2D eigenvalue weighted by atomic mass is 9.92. The molecule has 8 heteroatoms. The molecule has 0 radical (unpaired) electrons. The largest absolute Gasteiger partial charge is 0.497 e. The van der Waals surface area contributed by atoms with Crippen molar-refractivity contribution < 1.29 is 9.53 Å². The van der Waals surface area contributed by atoms with E-state index in [-0.39, 0.29) is 23.4 Å². The van der Waals surface area contributed by atoms with Gasteiger partial charge in [-0.25, -0.2) is 10.4 Å². The molecule has 8 nitrogen and oxygen atoms in total. The molecule has 1 aromatic carbocycles. The monoisotopic (exact) mass is 369 g/mol. The number of hydrogen-bond donors (Lipinski definition) is 3. The highest BCUT2D eigenvalue weighted by atomic mass is 16.5. The average molecular weight is 369 g/mol. The van der Waals surface area contributed by atoms with E-state index >= 15 is 0 Å². The van der Waals surface area contributed by atoms with E-state index < -0.39 is 0 Å². The van der Waals surface area contributed by atoms with Crippen LogP contribution >= 0.6 is 0 Å². The highest BCUT2D eigenvalue weighted by Crippen LogP contribution is 2.30. The Hall–Kier alpha value is -2.71. The predicted molar refractivity (Wildman–Crippen MR) is 99.1 cm³/mol. The van der Waals surface area contributed by atoms with E-state index in [1.807, 2.05) is 24.3 Å². The van der Waals surface area contributed by atoms with Crippen LogP contribution < -0.4 is 21.1 Å². The average Bonchev–Trinajstić information content (AvgIpc) is 3.16. The van der Waals surface area contributed by atoms with Crippen molar-refractivity contribution in [2.75, 3.05) is 20.2 Å². The first-order valence-electron chi connectivity index (χ1n) is 9.06. The number of carbonyl (C=O) groups excluding carboxylic acids is 1. The molecule has 2 aliphatic rings. The minimum absolute atomic E-state index is 0.0608. The lowest BCUT2D eigenvalue weighted by molar-refractivity contribution is -0.136. The zero-order chi connectivity index (χ0) is 19.0. The Morgan fingerprint density at radius 1 is 1.37 bits per heavy atom. The molecule has 27 heavy (non-hydrogen) atoms. The SMILES string of the molecule is COc1cccc(C2NNCC2C(=O)N2CCc3c(nc(C)[nH]c3=O)C2)c1. The number of nitrogens with one attached hydrogen (secondary N) is 3. The summed E-state index contributed by atoms with van der Waals surface area (Å²) in [6, 6.07) is 7.61. The van der Waals surface area contributed by atoms with E-state index in [0.717, 1.165) is 11.3 Å². The summed E-state index contributed by atoms with van der Waals surface area (Å²) < 4.78 is 5.30. The highest BCUT2D eigenvalue weighted by molar-refractivity contribution is 5.80. The molecule has 2 aromatic rings. The zero-order valence-electron chi connectivity index (χ0n) is 15.4. The third kappa shape index (κ3) is 3.33. The number of amides is 1. The fraction of sp³-hybridized carbons (Fsp3) is 0.421. The summed E-state index contributed by atoms with van der Waals surface area (Å²) in [5, 5.41) is 0. The van der Waals surface area contributed by atoms with Crippen molar-refractivity contribution in [1.29, 1.82) is 0 Å². The Labute approximate surface area is 156 Å². The molecule has 4 rings (SSSR count). The maximum Gasteiger partial charge on any atom is 0.254 e. The van der Waals surface area contributed by atoms with Gasteiger partial charge >= 0.3 is 0 Å². The maximum absolute atomic E-state index is 13.2. The number of carbonyl (C=O) groups is 1. The number of H-pyrrole nitrogens is 1. The van der Waals surface area contributed by atoms with Gasteiger partial charge < -0.3 is 14.6 Å². The van der Waals surface area contributed by atoms with Gasteiger partial charge in [0.15, 0.2) is 0 Å². The van der Waals surface area contributed by atoms with Crippen LogP contribution in [0.2, 0.25) is 0 Å². The smallest absolute Gasteiger partial charge is 0.254 e. The normalized spacial score (nSPS) is 21.8. The third-order valence-corrected chi connectivity index (χ3v) is 5.26. The summed E-state index contributed by atoms with van der Waals surface area (Å²) >= 11 is 0. The molecule has 3 heterocycles. The van der Waals surface area contributed by atoms with Crippen LogP contribution in [-0.4, -0.2) is 41.0 Å². The number of hydrogen-bond acceptors (Lipinski definition) is 6. The van der Waals surface area contributed by atoms with Crippen LogP contribution in [0.25, 0.3) is 0 Å². The zero-order valence-corrected chi connectivity index (χ0v) is 15.4. The van der Waals surface area contributed by atoms with E-state index in [0.29, 0.717) is 43.1 Å². The van der Waals surface area contributed by atoms with E-state index in [9.17, 15) is 9.59 Å². The Balaban J connectivity index is 1.56. The fourth-order valence-electron chi connectivity index (χ4n) is 3.86. The van der Waals surface area contributed by atoms with Crippen molar-refractivity contribution in [2.24, 2.45) is 5.92 Å². The van der Waals surface area contributed by atoms with Gasteiger partial charge in [0.1, 0.15) is 11.6 Å². The third-order valence-electron chi connectivity index (χ3n) is 5.26. The molecule has 0 saturated carbocycles. The Bertz CT molecular complexity index is 926. The van der Waals surface area contributed by atoms with Crippen LogP contribution in [0.1, 0.15) is 28.7 Å². The number of hydrazine groups is 1. The number of methoxy groups -OCH3 is 1. The van der Waals surface area contributed by atoms with Crippen LogP contribution in [0, 0.1) is 12.8 Å². The number of nitrogens with zero attached hydrogens (tertiary/aromatic N) is 2. The molecule has 1 aromatic heterocycles. The number of fused-ring (bicyclic) bond motifs is 1. The molecule has 0 bridgehead atoms. The molecule has 142 valence electrons. The summed E-state index contributed by atoms with van der Waals surface area (Å²) in [5.74, 6) is 1.16. The molecule has 2 unspecified atom stereocenters. The van der Waals surface area contributed by atoms with Crippen molar-refractivity contribution in [3.05, 3.63) is 57.3 Å². The second-order valence-corrected chi connectivity index (χ2v) is 6.97. The van der Waals surface area contributed by atoms with Crippen molar-refractivity contribution in [2.45, 2.75) is 25.9 Å². The molecule has 1 amide bonds. The first-order chi connectivity index (χ1) is 13.1. The second kappa shape index (κ2) is 7.13. The quantitative estimate of drug-likeness (QED) is 0.726. The van der Waals surface area contributed by atoms with Gasteiger partial charge in [-0.3, -0.25) is 15.0 Å². The van der Waals surface area contributed by atoms with Crippen LogP contribution in [0.15, 0.2) is 29.1 Å². The Kier molecular flexibility index (Phi) is 4.67. The summed E-state index contributed by atoms with van der Waals surface area (Å²) in [7, 11) is 1.63. The van der Waals surface area contributed by atoms with E-state index in [1.165, 1.54) is 0 Å². The minimum Gasteiger partial charge on any atom is -0.497 e. The van der Waals surface area contributed by atoms with Gasteiger partial charge in [0.2, 0.25) is 5.91 Å². The summed E-state index contributed by atoms with van der Waals surface area (Å²) in [6.45, 7) is 3.21. The van der Waals surface area contributed by atoms with Crippen LogP contribution in [0.3, 0.4) is 0 Å². The number of aromatic amines is 1. The fourth-order valence-corrected chi connectivity index (χ4v) is 3.86. The lowest BCUT2D eigenvalue weighted by Crippen LogP contribution is -2.43. The summed E-state index contributed by atoms with van der Waals surface area (Å²) in [4.78, 5) is 34.3. The highest BCUT2D eigenvalue weighted by Gasteiger charge is 2.38. The molecule has 3 N–H and O–H groups in total.